The van der Waals surface area contributed by atoms with Crippen LogP contribution < -0.4 is 11.1 Å². The van der Waals surface area contributed by atoms with Gasteiger partial charge in [-0.15, -0.1) is 0 Å². The number of nitrogens with zero attached hydrogens (tertiary/aromatic N) is 1. The summed E-state index contributed by atoms with van der Waals surface area (Å²) in [5, 5.41) is 13.7. The molecule has 0 unspecified atom stereocenters. The lowest BCUT2D eigenvalue weighted by Gasteiger charge is -2.06. The molecule has 7 heteroatoms. The lowest BCUT2D eigenvalue weighted by Crippen LogP contribution is -2.22. The van der Waals surface area contributed by atoms with E-state index in [-0.39, 0.29) is 18.2 Å². The predicted molar refractivity (Wildman–Crippen MR) is 68.5 cm³/mol. The summed E-state index contributed by atoms with van der Waals surface area (Å²) in [6, 6.07) is 5.33. The van der Waals surface area contributed by atoms with E-state index >= 15 is 0 Å². The van der Waals surface area contributed by atoms with Crippen LogP contribution in [0.5, 0.6) is 0 Å². The third-order valence-corrected chi connectivity index (χ3v) is 2.82. The van der Waals surface area contributed by atoms with Gasteiger partial charge in [0.15, 0.2) is 0 Å². The van der Waals surface area contributed by atoms with Crippen LogP contribution in [-0.4, -0.2) is 17.0 Å². The van der Waals surface area contributed by atoms with E-state index in [1.54, 1.807) is 18.2 Å². The molecule has 0 heterocycles. The quantitative estimate of drug-likeness (QED) is 0.338. The highest BCUT2D eigenvalue weighted by atomic mass is 79.9. The third kappa shape index (κ3) is 3.82. The van der Waals surface area contributed by atoms with Crippen molar-refractivity contribution in [2.24, 2.45) is 10.9 Å². The fourth-order valence-corrected chi connectivity index (χ4v) is 2.13. The first kappa shape index (κ1) is 13.0. The number of oxime groups is 1. The Morgan fingerprint density at radius 3 is 2.75 bits per heavy atom. The molecule has 0 spiro atoms. The molecule has 1 aromatic rings. The van der Waals surface area contributed by atoms with Crippen LogP contribution >= 0.6 is 31.9 Å². The lowest BCUT2D eigenvalue weighted by molar-refractivity contribution is -0.115. The molecule has 0 atom stereocenters. The number of nitrogens with one attached hydrogen (secondary N) is 1. The second-order valence-corrected chi connectivity index (χ2v) is 4.71. The third-order valence-electron chi connectivity index (χ3n) is 1.68. The molecule has 86 valence electrons. The minimum Gasteiger partial charge on any atom is -0.409 e. The Morgan fingerprint density at radius 2 is 2.19 bits per heavy atom. The van der Waals surface area contributed by atoms with Crippen LogP contribution in [0.1, 0.15) is 6.42 Å². The van der Waals surface area contributed by atoms with Gasteiger partial charge < -0.3 is 16.3 Å². The number of anilines is 1. The number of hydrogen-bond donors (Lipinski definition) is 3. The fraction of sp³-hybridized carbons (Fsp3) is 0.111. The Hall–Kier alpha value is -1.08. The first-order chi connectivity index (χ1) is 7.52. The predicted octanol–water partition coefficient (Wildman–Crippen LogP) is 2.29. The van der Waals surface area contributed by atoms with Crippen LogP contribution in [0, 0.1) is 0 Å². The highest BCUT2D eigenvalue weighted by Crippen LogP contribution is 2.26. The summed E-state index contributed by atoms with van der Waals surface area (Å²) in [5.41, 5.74) is 5.83. The van der Waals surface area contributed by atoms with Gasteiger partial charge in [0.1, 0.15) is 5.84 Å². The topological polar surface area (TPSA) is 87.7 Å². The number of rotatable bonds is 3. The molecule has 0 aliphatic carbocycles. The average Bonchev–Trinajstić information content (AvgIpc) is 2.22. The summed E-state index contributed by atoms with van der Waals surface area (Å²) in [6.07, 6.45) is -0.154. The van der Waals surface area contributed by atoms with E-state index in [1.165, 1.54) is 0 Å². The number of benzene rings is 1. The number of nitrogens with two attached hydrogens (primary N) is 1. The van der Waals surface area contributed by atoms with E-state index in [1.807, 2.05) is 0 Å². The zero-order valence-electron chi connectivity index (χ0n) is 8.08. The normalized spacial score (nSPS) is 11.2. The van der Waals surface area contributed by atoms with Crippen LogP contribution in [0.4, 0.5) is 5.69 Å². The van der Waals surface area contributed by atoms with E-state index in [2.05, 4.69) is 42.3 Å². The lowest BCUT2D eigenvalue weighted by atomic mass is 10.3. The van der Waals surface area contributed by atoms with Crippen molar-refractivity contribution in [1.29, 1.82) is 0 Å². The average molecular weight is 351 g/mol. The number of carbonyl (C=O) groups is 1. The van der Waals surface area contributed by atoms with E-state index < -0.39 is 0 Å². The second-order valence-electron chi connectivity index (χ2n) is 2.94. The highest BCUT2D eigenvalue weighted by molar-refractivity contribution is 9.11. The Balaban J connectivity index is 2.70. The molecule has 1 amide bonds. The molecule has 0 fully saturated rings. The van der Waals surface area contributed by atoms with Gasteiger partial charge in [-0.05, 0) is 34.1 Å². The summed E-state index contributed by atoms with van der Waals surface area (Å²) >= 11 is 6.60. The van der Waals surface area contributed by atoms with Crippen molar-refractivity contribution in [1.82, 2.24) is 0 Å². The van der Waals surface area contributed by atoms with Gasteiger partial charge in [-0.1, -0.05) is 21.1 Å². The monoisotopic (exact) mass is 349 g/mol. The summed E-state index contributed by atoms with van der Waals surface area (Å²) in [7, 11) is 0. The van der Waals surface area contributed by atoms with Crippen LogP contribution in [0.2, 0.25) is 0 Å². The van der Waals surface area contributed by atoms with Crippen molar-refractivity contribution in [2.75, 3.05) is 5.32 Å². The molecule has 0 aliphatic heterocycles. The van der Waals surface area contributed by atoms with Crippen LogP contribution in [0.25, 0.3) is 0 Å². The summed E-state index contributed by atoms with van der Waals surface area (Å²) in [5.74, 6) is -0.482. The van der Waals surface area contributed by atoms with Gasteiger partial charge >= 0.3 is 0 Å². The van der Waals surface area contributed by atoms with Crippen LogP contribution in [-0.2, 0) is 4.79 Å². The van der Waals surface area contributed by atoms with Gasteiger partial charge in [0.25, 0.3) is 0 Å². The maximum atomic E-state index is 11.4. The Kier molecular flexibility index (Phi) is 4.75. The molecule has 0 saturated carbocycles. The number of halogens is 2. The number of amidine groups is 1. The van der Waals surface area contributed by atoms with Crippen molar-refractivity contribution in [3.63, 3.8) is 0 Å². The summed E-state index contributed by atoms with van der Waals surface area (Å²) < 4.78 is 1.64. The molecule has 0 saturated heterocycles. The first-order valence-corrected chi connectivity index (χ1v) is 5.83. The molecule has 5 nitrogen and oxygen atoms in total. The van der Waals surface area contributed by atoms with Gasteiger partial charge in [0, 0.05) is 8.95 Å². The Bertz CT molecular complexity index is 435. The summed E-state index contributed by atoms with van der Waals surface area (Å²) in [6.45, 7) is 0. The molecular formula is C9H9Br2N3O2. The van der Waals surface area contributed by atoms with E-state index in [0.717, 1.165) is 8.95 Å². The second kappa shape index (κ2) is 5.86. The SMILES string of the molecule is N/C(CC(=O)Nc1ccc(Br)cc1Br)=N\O. The van der Waals surface area contributed by atoms with E-state index in [4.69, 9.17) is 10.9 Å². The highest BCUT2D eigenvalue weighted by Gasteiger charge is 2.07. The zero-order valence-corrected chi connectivity index (χ0v) is 11.2. The largest absolute Gasteiger partial charge is 0.409 e. The maximum absolute atomic E-state index is 11.4. The number of hydrogen-bond acceptors (Lipinski definition) is 3. The molecule has 0 aromatic heterocycles. The molecule has 1 aromatic carbocycles. The fourth-order valence-electron chi connectivity index (χ4n) is 0.985. The molecule has 0 bridgehead atoms. The standard InChI is InChI=1S/C9H9Br2N3O2/c10-5-1-2-7(6(11)3-5)13-9(15)4-8(12)14-16/h1-3,16H,4H2,(H2,12,14)(H,13,15). The first-order valence-electron chi connectivity index (χ1n) is 4.24. The maximum Gasteiger partial charge on any atom is 0.232 e. The Labute approximate surface area is 109 Å². The van der Waals surface area contributed by atoms with Gasteiger partial charge in [-0.25, -0.2) is 0 Å². The van der Waals surface area contributed by atoms with Crippen molar-refractivity contribution in [3.8, 4) is 0 Å². The molecule has 1 rings (SSSR count). The molecule has 0 aliphatic rings. The van der Waals surface area contributed by atoms with Crippen molar-refractivity contribution in [3.05, 3.63) is 27.1 Å². The molecule has 16 heavy (non-hydrogen) atoms. The number of carbonyl (C=O) groups excluding carboxylic acids is 1. The Morgan fingerprint density at radius 1 is 1.50 bits per heavy atom. The summed E-state index contributed by atoms with van der Waals surface area (Å²) in [4.78, 5) is 11.4. The number of amides is 1. The van der Waals surface area contributed by atoms with Crippen LogP contribution in [0.15, 0.2) is 32.3 Å². The minimum absolute atomic E-state index is 0.134. The molecule has 0 radical (unpaired) electrons. The smallest absolute Gasteiger partial charge is 0.232 e. The van der Waals surface area contributed by atoms with E-state index in [9.17, 15) is 4.79 Å². The van der Waals surface area contributed by atoms with Gasteiger partial charge in [0.2, 0.25) is 5.91 Å². The van der Waals surface area contributed by atoms with Gasteiger partial charge in [-0.3, -0.25) is 4.79 Å². The minimum atomic E-state index is -0.349. The van der Waals surface area contributed by atoms with Crippen molar-refractivity contribution < 1.29 is 10.0 Å². The molecular weight excluding hydrogens is 342 g/mol. The zero-order chi connectivity index (χ0) is 12.1. The van der Waals surface area contributed by atoms with E-state index in [0.29, 0.717) is 5.69 Å². The van der Waals surface area contributed by atoms with Crippen LogP contribution in [0.3, 0.4) is 0 Å². The molecule has 4 N–H and O–H groups in total. The van der Waals surface area contributed by atoms with Crippen molar-refractivity contribution in [2.45, 2.75) is 6.42 Å². The van der Waals surface area contributed by atoms with Gasteiger partial charge in [0.05, 0.1) is 12.1 Å². The van der Waals surface area contributed by atoms with Gasteiger partial charge in [-0.2, -0.15) is 0 Å². The van der Waals surface area contributed by atoms with Crippen molar-refractivity contribution >= 4 is 49.3 Å².